The Bertz CT molecular complexity index is 1250. The van der Waals surface area contributed by atoms with Crippen molar-refractivity contribution in [2.75, 3.05) is 12.4 Å². The number of benzene rings is 3. The number of carbonyl (C=O) groups excluding carboxylic acids is 2. The number of methoxy groups -OCH3 is 1. The van der Waals surface area contributed by atoms with E-state index in [9.17, 15) is 9.59 Å². The van der Waals surface area contributed by atoms with Crippen molar-refractivity contribution in [2.45, 2.75) is 0 Å². The lowest BCUT2D eigenvalue weighted by Crippen LogP contribution is -2.14. The van der Waals surface area contributed by atoms with Gasteiger partial charge in [-0.3, -0.25) is 9.59 Å². The van der Waals surface area contributed by atoms with Crippen molar-refractivity contribution >= 4 is 28.4 Å². The lowest BCUT2D eigenvalue weighted by molar-refractivity contribution is 0.0998. The standard InChI is InChI=1S/C24H19N3O3/c1-30-18-6-4-5-16(13-18)22-14-20(19-7-2-3-8-21(19)27-22)24(29)26-17-11-9-15(10-12-17)23(25)28/h2-14H,1H3,(H2,25,28)(H,26,29). The molecule has 0 saturated carbocycles. The molecular weight excluding hydrogens is 378 g/mol. The molecule has 0 aliphatic rings. The summed E-state index contributed by atoms with van der Waals surface area (Å²) in [5.74, 6) is -0.0801. The molecule has 0 unspecified atom stereocenters. The summed E-state index contributed by atoms with van der Waals surface area (Å²) in [6, 6.07) is 23.2. The SMILES string of the molecule is COc1cccc(-c2cc(C(=O)Nc3ccc(C(N)=O)cc3)c3ccccc3n2)c1. The molecule has 0 saturated heterocycles. The minimum Gasteiger partial charge on any atom is -0.497 e. The summed E-state index contributed by atoms with van der Waals surface area (Å²) in [7, 11) is 1.61. The van der Waals surface area contributed by atoms with Crippen molar-refractivity contribution in [3.05, 3.63) is 90.0 Å². The van der Waals surface area contributed by atoms with E-state index in [1.807, 2.05) is 48.5 Å². The van der Waals surface area contributed by atoms with E-state index in [4.69, 9.17) is 15.5 Å². The van der Waals surface area contributed by atoms with E-state index >= 15 is 0 Å². The molecule has 1 heterocycles. The fourth-order valence-electron chi connectivity index (χ4n) is 3.21. The zero-order valence-corrected chi connectivity index (χ0v) is 16.3. The van der Waals surface area contributed by atoms with Gasteiger partial charge >= 0.3 is 0 Å². The number of amides is 2. The number of ether oxygens (including phenoxy) is 1. The van der Waals surface area contributed by atoms with Gasteiger partial charge in [0.05, 0.1) is 23.9 Å². The Morgan fingerprint density at radius 3 is 2.43 bits per heavy atom. The third kappa shape index (κ3) is 3.84. The van der Waals surface area contributed by atoms with Crippen LogP contribution in [0.1, 0.15) is 20.7 Å². The number of rotatable bonds is 5. The van der Waals surface area contributed by atoms with Crippen LogP contribution in [0.3, 0.4) is 0 Å². The number of nitrogens with two attached hydrogens (primary N) is 1. The summed E-state index contributed by atoms with van der Waals surface area (Å²) in [6.07, 6.45) is 0. The highest BCUT2D eigenvalue weighted by atomic mass is 16.5. The van der Waals surface area contributed by atoms with Crippen LogP contribution in [-0.2, 0) is 0 Å². The number of para-hydroxylation sites is 1. The molecule has 1 aromatic heterocycles. The van der Waals surface area contributed by atoms with Crippen LogP contribution in [0.4, 0.5) is 5.69 Å². The Balaban J connectivity index is 1.75. The summed E-state index contributed by atoms with van der Waals surface area (Å²) < 4.78 is 5.31. The van der Waals surface area contributed by atoms with Gasteiger partial charge in [-0.15, -0.1) is 0 Å². The first kappa shape index (κ1) is 19.1. The van der Waals surface area contributed by atoms with Crippen molar-refractivity contribution in [2.24, 2.45) is 5.73 Å². The number of nitrogens with zero attached hydrogens (tertiary/aromatic N) is 1. The largest absolute Gasteiger partial charge is 0.497 e. The maximum absolute atomic E-state index is 13.1. The van der Waals surface area contributed by atoms with Gasteiger partial charge in [0.25, 0.3) is 5.91 Å². The number of fused-ring (bicyclic) bond motifs is 1. The molecule has 0 atom stereocenters. The Kier molecular flexibility index (Phi) is 5.13. The van der Waals surface area contributed by atoms with Crippen LogP contribution in [-0.4, -0.2) is 23.9 Å². The molecule has 6 heteroatoms. The summed E-state index contributed by atoms with van der Waals surface area (Å²) in [5, 5.41) is 3.62. The zero-order valence-electron chi connectivity index (χ0n) is 16.3. The molecule has 0 fully saturated rings. The second-order valence-electron chi connectivity index (χ2n) is 6.70. The van der Waals surface area contributed by atoms with Crippen LogP contribution >= 0.6 is 0 Å². The first-order valence-corrected chi connectivity index (χ1v) is 9.30. The Labute approximate surface area is 173 Å². The summed E-state index contributed by atoms with van der Waals surface area (Å²) in [5.41, 5.74) is 8.94. The van der Waals surface area contributed by atoms with Gasteiger partial charge in [0.15, 0.2) is 0 Å². The van der Waals surface area contributed by atoms with E-state index in [1.54, 1.807) is 37.4 Å². The highest BCUT2D eigenvalue weighted by Crippen LogP contribution is 2.27. The van der Waals surface area contributed by atoms with Gasteiger partial charge in [0.1, 0.15) is 5.75 Å². The van der Waals surface area contributed by atoms with E-state index in [1.165, 1.54) is 0 Å². The fraction of sp³-hybridized carbons (Fsp3) is 0.0417. The monoisotopic (exact) mass is 397 g/mol. The van der Waals surface area contributed by atoms with Gasteiger partial charge in [-0.1, -0.05) is 30.3 Å². The Hall–Kier alpha value is -4.19. The van der Waals surface area contributed by atoms with E-state index in [-0.39, 0.29) is 5.91 Å². The molecule has 4 rings (SSSR count). The summed E-state index contributed by atoms with van der Waals surface area (Å²) >= 11 is 0. The first-order valence-electron chi connectivity index (χ1n) is 9.30. The highest BCUT2D eigenvalue weighted by Gasteiger charge is 2.15. The van der Waals surface area contributed by atoms with Gasteiger partial charge in [-0.2, -0.15) is 0 Å². The minimum absolute atomic E-state index is 0.274. The quantitative estimate of drug-likeness (QED) is 0.526. The van der Waals surface area contributed by atoms with E-state index in [0.29, 0.717) is 33.8 Å². The number of hydrogen-bond donors (Lipinski definition) is 2. The average Bonchev–Trinajstić information content (AvgIpc) is 2.78. The lowest BCUT2D eigenvalue weighted by atomic mass is 10.0. The van der Waals surface area contributed by atoms with Gasteiger partial charge in [-0.05, 0) is 48.5 Å². The van der Waals surface area contributed by atoms with Gasteiger partial charge in [-0.25, -0.2) is 4.98 Å². The lowest BCUT2D eigenvalue weighted by Gasteiger charge is -2.11. The van der Waals surface area contributed by atoms with E-state index < -0.39 is 5.91 Å². The van der Waals surface area contributed by atoms with Crippen LogP contribution in [0.15, 0.2) is 78.9 Å². The van der Waals surface area contributed by atoms with Crippen molar-refractivity contribution in [3.63, 3.8) is 0 Å². The molecule has 0 radical (unpaired) electrons. The molecule has 3 N–H and O–H groups in total. The molecule has 0 bridgehead atoms. The van der Waals surface area contributed by atoms with E-state index in [0.717, 1.165) is 10.9 Å². The molecule has 3 aromatic carbocycles. The van der Waals surface area contributed by atoms with Gasteiger partial charge in [0.2, 0.25) is 5.91 Å². The normalized spacial score (nSPS) is 10.6. The number of carbonyl (C=O) groups is 2. The molecule has 30 heavy (non-hydrogen) atoms. The predicted molar refractivity (Wildman–Crippen MR) is 117 cm³/mol. The van der Waals surface area contributed by atoms with Crippen LogP contribution in [0.5, 0.6) is 5.75 Å². The molecule has 6 nitrogen and oxygen atoms in total. The second-order valence-corrected chi connectivity index (χ2v) is 6.70. The summed E-state index contributed by atoms with van der Waals surface area (Å²) in [4.78, 5) is 29.1. The fourth-order valence-corrected chi connectivity index (χ4v) is 3.21. The highest BCUT2D eigenvalue weighted by molar-refractivity contribution is 6.13. The van der Waals surface area contributed by atoms with Crippen molar-refractivity contribution in [3.8, 4) is 17.0 Å². The number of nitrogens with one attached hydrogen (secondary N) is 1. The number of anilines is 1. The van der Waals surface area contributed by atoms with Crippen molar-refractivity contribution in [1.82, 2.24) is 4.98 Å². The van der Waals surface area contributed by atoms with Gasteiger partial charge in [0, 0.05) is 22.2 Å². The number of hydrogen-bond acceptors (Lipinski definition) is 4. The van der Waals surface area contributed by atoms with Crippen LogP contribution in [0, 0.1) is 0 Å². The third-order valence-corrected chi connectivity index (χ3v) is 4.75. The second kappa shape index (κ2) is 8.05. The van der Waals surface area contributed by atoms with E-state index in [2.05, 4.69) is 5.32 Å². The molecule has 148 valence electrons. The summed E-state index contributed by atoms with van der Waals surface area (Å²) in [6.45, 7) is 0. The molecule has 2 amide bonds. The molecule has 0 spiro atoms. The Morgan fingerprint density at radius 2 is 1.70 bits per heavy atom. The number of primary amides is 1. The smallest absolute Gasteiger partial charge is 0.256 e. The van der Waals surface area contributed by atoms with Crippen molar-refractivity contribution in [1.29, 1.82) is 0 Å². The molecule has 4 aromatic rings. The average molecular weight is 397 g/mol. The van der Waals surface area contributed by atoms with Crippen molar-refractivity contribution < 1.29 is 14.3 Å². The van der Waals surface area contributed by atoms with Crippen LogP contribution < -0.4 is 15.8 Å². The Morgan fingerprint density at radius 1 is 0.933 bits per heavy atom. The third-order valence-electron chi connectivity index (χ3n) is 4.75. The van der Waals surface area contributed by atoms with Crippen LogP contribution in [0.25, 0.3) is 22.2 Å². The predicted octanol–water partition coefficient (Wildman–Crippen LogP) is 4.26. The number of pyridine rings is 1. The maximum Gasteiger partial charge on any atom is 0.256 e. The maximum atomic E-state index is 13.1. The minimum atomic E-state index is -0.518. The molecule has 0 aliphatic heterocycles. The first-order chi connectivity index (χ1) is 14.5. The number of aromatic nitrogens is 1. The zero-order chi connectivity index (χ0) is 21.1. The topological polar surface area (TPSA) is 94.3 Å². The van der Waals surface area contributed by atoms with Crippen LogP contribution in [0.2, 0.25) is 0 Å². The van der Waals surface area contributed by atoms with Gasteiger partial charge < -0.3 is 15.8 Å². The molecular formula is C24H19N3O3. The molecule has 0 aliphatic carbocycles.